The van der Waals surface area contributed by atoms with Crippen LogP contribution in [0.5, 0.6) is 0 Å². The second-order valence-corrected chi connectivity index (χ2v) is 2.53. The molecule has 0 fully saturated rings. The second-order valence-electron chi connectivity index (χ2n) is 2.53. The molecule has 0 heterocycles. The van der Waals surface area contributed by atoms with Crippen LogP contribution in [0.15, 0.2) is 0 Å². The van der Waals surface area contributed by atoms with Crippen LogP contribution in [-0.2, 0) is 0 Å². The minimum atomic E-state index is 0. The van der Waals surface area contributed by atoms with E-state index in [2.05, 4.69) is 13.8 Å². The van der Waals surface area contributed by atoms with Crippen molar-refractivity contribution in [3.63, 3.8) is 0 Å². The number of nitrogens with one attached hydrogen (secondary N) is 1. The third-order valence-electron chi connectivity index (χ3n) is 0.825. The molecule has 9 heavy (non-hydrogen) atoms. The maximum atomic E-state index is 7.11. The van der Waals surface area contributed by atoms with E-state index in [9.17, 15) is 0 Å². The summed E-state index contributed by atoms with van der Waals surface area (Å²) in [7, 11) is 0. The summed E-state index contributed by atoms with van der Waals surface area (Å²) in [6, 6.07) is 0.125. The van der Waals surface area contributed by atoms with Gasteiger partial charge in [-0.25, -0.2) is 0 Å². The molecule has 0 aliphatic heterocycles. The van der Waals surface area contributed by atoms with Crippen molar-refractivity contribution >= 4 is 13.5 Å². The van der Waals surface area contributed by atoms with Crippen LogP contribution < -0.4 is 0 Å². The van der Waals surface area contributed by atoms with Gasteiger partial charge in [-0.1, -0.05) is 27.2 Å². The molecule has 0 rings (SSSR count). The van der Waals surface area contributed by atoms with Crippen LogP contribution >= 0.6 is 13.5 Å². The maximum absolute atomic E-state index is 7.11. The first-order chi connectivity index (χ1) is 3.13. The van der Waals surface area contributed by atoms with E-state index < -0.39 is 0 Å². The zero-order valence-electron chi connectivity index (χ0n) is 6.44. The quantitative estimate of drug-likeness (QED) is 0.722. The van der Waals surface area contributed by atoms with Gasteiger partial charge in [0.05, 0.1) is 0 Å². The third-order valence-corrected chi connectivity index (χ3v) is 0.825. The Hall–Kier alpha value is 1.75. The zero-order valence-corrected chi connectivity index (χ0v) is 12.2. The Labute approximate surface area is 101 Å². The molecule has 1 atom stereocenters. The van der Waals surface area contributed by atoms with Crippen LogP contribution in [0.3, 0.4) is 0 Å². The molecule has 0 aromatic rings. The van der Waals surface area contributed by atoms with E-state index in [4.69, 9.17) is 5.73 Å². The zero-order chi connectivity index (χ0) is 5.86. The second kappa shape index (κ2) is 9.75. The van der Waals surface area contributed by atoms with Crippen LogP contribution in [0.2, 0.25) is 0 Å². The summed E-state index contributed by atoms with van der Waals surface area (Å²) >= 11 is 0. The molecule has 0 aromatic heterocycles. The summed E-state index contributed by atoms with van der Waals surface area (Å²) in [5, 5.41) is 0. The smallest absolute Gasteiger partial charge is 0 e. The van der Waals surface area contributed by atoms with Gasteiger partial charge >= 0.3 is 0 Å². The molecule has 0 unspecified atom stereocenters. The monoisotopic (exact) mass is 361 g/mol. The molecule has 0 aromatic carbocycles. The first-order valence-electron chi connectivity index (χ1n) is 2.84. The Morgan fingerprint density at radius 1 is 1.22 bits per heavy atom. The van der Waals surface area contributed by atoms with Gasteiger partial charge in [0, 0.05) is 44.1 Å². The van der Waals surface area contributed by atoms with Gasteiger partial charge in [-0.3, -0.25) is 0 Å². The molecule has 0 saturated carbocycles. The van der Waals surface area contributed by atoms with Gasteiger partial charge in [0.15, 0.2) is 0 Å². The predicted octanol–water partition coefficient (Wildman–Crippen LogP) is 2.59. The van der Waals surface area contributed by atoms with E-state index in [1.165, 1.54) is 0 Å². The Morgan fingerprint density at radius 3 is 1.56 bits per heavy atom. The van der Waals surface area contributed by atoms with Crippen LogP contribution in [0.1, 0.15) is 27.2 Å². The first-order valence-corrected chi connectivity index (χ1v) is 2.84. The summed E-state index contributed by atoms with van der Waals surface area (Å²) in [4.78, 5) is 0. The number of hydrogen-bond acceptors (Lipinski definition) is 0. The summed E-state index contributed by atoms with van der Waals surface area (Å²) in [5.41, 5.74) is 7.11. The molecule has 1 radical (unpaired) electrons. The molecule has 1 N–H and O–H groups in total. The van der Waals surface area contributed by atoms with Crippen molar-refractivity contribution in [2.45, 2.75) is 33.2 Å². The Kier molecular flexibility index (Phi) is 18.4. The van der Waals surface area contributed by atoms with Crippen LogP contribution in [-0.4, -0.2) is 6.04 Å². The van der Waals surface area contributed by atoms with Crippen LogP contribution in [0.4, 0.5) is 0 Å². The molecule has 0 bridgehead atoms. The topological polar surface area (TPSA) is 23.8 Å². The third kappa shape index (κ3) is 17.7. The molecule has 55 valence electrons. The summed E-state index contributed by atoms with van der Waals surface area (Å²) in [5.74, 6) is 0.687. The van der Waals surface area contributed by atoms with Crippen LogP contribution in [0.25, 0.3) is 5.73 Å². The van der Waals surface area contributed by atoms with Gasteiger partial charge in [-0.2, -0.15) is 13.5 Å². The van der Waals surface area contributed by atoms with Crippen molar-refractivity contribution in [3.8, 4) is 0 Å². The van der Waals surface area contributed by atoms with Gasteiger partial charge in [0.1, 0.15) is 0 Å². The minimum Gasteiger partial charge on any atom is -0.675 e. The fourth-order valence-corrected chi connectivity index (χ4v) is 0.707. The van der Waals surface area contributed by atoms with E-state index in [1.54, 1.807) is 0 Å². The summed E-state index contributed by atoms with van der Waals surface area (Å²) < 4.78 is 0. The molecule has 0 spiro atoms. The summed E-state index contributed by atoms with van der Waals surface area (Å²) in [6.45, 7) is 6.22. The van der Waals surface area contributed by atoms with Crippen molar-refractivity contribution < 1.29 is 44.1 Å². The number of rotatable bonds is 2. The molecule has 1 nitrogen and oxygen atoms in total. The van der Waals surface area contributed by atoms with E-state index in [0.717, 1.165) is 6.42 Å². The van der Waals surface area contributed by atoms with Crippen molar-refractivity contribution in [2.75, 3.05) is 0 Å². The van der Waals surface area contributed by atoms with Gasteiger partial charge in [0.25, 0.3) is 0 Å². The minimum absolute atomic E-state index is 0. The van der Waals surface area contributed by atoms with E-state index in [1.807, 2.05) is 6.92 Å². The average molecular weight is 361 g/mol. The van der Waals surface area contributed by atoms with Gasteiger partial charge in [0.2, 0.25) is 0 Å². The molecule has 0 aliphatic rings. The molecular formula is C6H16AcNS-. The SMILES string of the molecule is CC(C)C[C@H](C)[NH-].S.[Ac]. The molecule has 0 amide bonds. The van der Waals surface area contributed by atoms with E-state index in [0.29, 0.717) is 5.92 Å². The molecule has 0 saturated heterocycles. The van der Waals surface area contributed by atoms with Crippen molar-refractivity contribution in [2.24, 2.45) is 5.92 Å². The normalized spacial score (nSPS) is 11.7. The van der Waals surface area contributed by atoms with Gasteiger partial charge in [-0.15, -0.1) is 6.04 Å². The molecular weight excluding hydrogens is 345 g/mol. The first kappa shape index (κ1) is 17.0. The van der Waals surface area contributed by atoms with Crippen molar-refractivity contribution in [1.29, 1.82) is 0 Å². The van der Waals surface area contributed by atoms with Gasteiger partial charge < -0.3 is 5.73 Å². The predicted molar refractivity (Wildman–Crippen MR) is 43.6 cm³/mol. The standard InChI is InChI=1S/C6H14N.Ac.H2S/c1-5(2)4-6(3)7;;/h5-7H,4H2,1-3H3;;1H2/q-1;;/t6-;;/m0../s1. The largest absolute Gasteiger partial charge is 0.675 e. The molecule has 3 heteroatoms. The Bertz CT molecular complexity index is 42.3. The molecule has 0 aliphatic carbocycles. The van der Waals surface area contributed by atoms with Crippen LogP contribution in [0, 0.1) is 50.0 Å². The maximum Gasteiger partial charge on any atom is 0 e. The number of hydrogen-bond donors (Lipinski definition) is 0. The van der Waals surface area contributed by atoms with E-state index in [-0.39, 0.29) is 63.6 Å². The fraction of sp³-hybridized carbons (Fsp3) is 1.00. The Balaban J connectivity index is -0.000000180. The van der Waals surface area contributed by atoms with Crippen molar-refractivity contribution in [1.82, 2.24) is 0 Å². The summed E-state index contributed by atoms with van der Waals surface area (Å²) in [6.07, 6.45) is 1.03. The average Bonchev–Trinajstić information content (AvgIpc) is 1.27. The fourth-order valence-electron chi connectivity index (χ4n) is 0.707. The van der Waals surface area contributed by atoms with E-state index >= 15 is 0 Å². The van der Waals surface area contributed by atoms with Crippen molar-refractivity contribution in [3.05, 3.63) is 5.73 Å². The Morgan fingerprint density at radius 2 is 1.56 bits per heavy atom. The van der Waals surface area contributed by atoms with Gasteiger partial charge in [-0.05, 0) is 5.92 Å².